The number of primary amides is 1. The van der Waals surface area contributed by atoms with Crippen LogP contribution in [-0.2, 0) is 25.7 Å². The van der Waals surface area contributed by atoms with Crippen LogP contribution in [-0.4, -0.2) is 79.8 Å². The summed E-state index contributed by atoms with van der Waals surface area (Å²) in [7, 11) is 0. The molecular formula is C25H31N11O7. The van der Waals surface area contributed by atoms with Crippen molar-refractivity contribution in [3.63, 3.8) is 0 Å². The summed E-state index contributed by atoms with van der Waals surface area (Å²) in [5.74, 6) is -4.19. The number of aromatic amines is 1. The van der Waals surface area contributed by atoms with Crippen LogP contribution >= 0.6 is 0 Å². The molecule has 2 aromatic heterocycles. The van der Waals surface area contributed by atoms with Crippen LogP contribution in [0.2, 0.25) is 0 Å². The highest BCUT2D eigenvalue weighted by molar-refractivity contribution is 5.95. The number of fused-ring (bicyclic) bond motifs is 1. The minimum atomic E-state index is -1.46. The van der Waals surface area contributed by atoms with E-state index in [0.717, 1.165) is 0 Å². The quantitative estimate of drug-likeness (QED) is 0.0807. The van der Waals surface area contributed by atoms with Crippen molar-refractivity contribution in [1.82, 2.24) is 35.9 Å². The number of nitrogens with zero attached hydrogens (tertiary/aromatic N) is 3. The maximum Gasteiger partial charge on any atom is 0.305 e. The largest absolute Gasteiger partial charge is 0.481 e. The number of anilines is 2. The van der Waals surface area contributed by atoms with E-state index in [-0.39, 0.29) is 55.5 Å². The van der Waals surface area contributed by atoms with Gasteiger partial charge in [0.25, 0.3) is 11.5 Å². The summed E-state index contributed by atoms with van der Waals surface area (Å²) in [4.78, 5) is 85.8. The Balaban J connectivity index is 1.41. The molecule has 0 saturated heterocycles. The molecule has 0 saturated carbocycles. The van der Waals surface area contributed by atoms with Gasteiger partial charge in [-0.2, -0.15) is 4.98 Å². The lowest BCUT2D eigenvalue weighted by Gasteiger charge is -2.20. The third kappa shape index (κ3) is 9.46. The number of benzene rings is 1. The molecule has 0 radical (unpaired) electrons. The Bertz CT molecular complexity index is 1560. The number of H-pyrrole nitrogens is 1. The highest BCUT2D eigenvalue weighted by Gasteiger charge is 2.26. The van der Waals surface area contributed by atoms with Crippen molar-refractivity contribution in [1.29, 1.82) is 0 Å². The van der Waals surface area contributed by atoms with Crippen LogP contribution in [0.15, 0.2) is 35.3 Å². The average molecular weight is 598 g/mol. The summed E-state index contributed by atoms with van der Waals surface area (Å²) >= 11 is 0. The number of nitrogens with one attached hydrogen (secondary N) is 5. The lowest BCUT2D eigenvalue weighted by atomic mass is 10.1. The maximum absolute atomic E-state index is 12.5. The normalized spacial score (nSPS) is 12.1. The number of hydrogen-bond donors (Lipinski definition) is 9. The first-order valence-electron chi connectivity index (χ1n) is 12.9. The molecule has 2 heterocycles. The fourth-order valence-electron chi connectivity index (χ4n) is 3.71. The van der Waals surface area contributed by atoms with E-state index in [0.29, 0.717) is 16.9 Å². The molecule has 18 nitrogen and oxygen atoms in total. The van der Waals surface area contributed by atoms with E-state index < -0.39 is 47.8 Å². The van der Waals surface area contributed by atoms with Gasteiger partial charge in [0.15, 0.2) is 11.2 Å². The van der Waals surface area contributed by atoms with Crippen LogP contribution in [0, 0.1) is 0 Å². The van der Waals surface area contributed by atoms with Gasteiger partial charge in [-0.15, -0.1) is 0 Å². The van der Waals surface area contributed by atoms with Crippen molar-refractivity contribution >= 4 is 52.4 Å². The van der Waals surface area contributed by atoms with Gasteiger partial charge < -0.3 is 43.6 Å². The summed E-state index contributed by atoms with van der Waals surface area (Å²) < 4.78 is 0. The van der Waals surface area contributed by atoms with E-state index in [2.05, 4.69) is 41.2 Å². The van der Waals surface area contributed by atoms with Crippen LogP contribution in [0.25, 0.3) is 11.2 Å². The number of amides is 4. The highest BCUT2D eigenvalue weighted by Crippen LogP contribution is 2.12. The maximum atomic E-state index is 12.5. The van der Waals surface area contributed by atoms with Crippen LogP contribution in [0.1, 0.15) is 35.3 Å². The monoisotopic (exact) mass is 597 g/mol. The van der Waals surface area contributed by atoms with E-state index in [1.807, 2.05) is 0 Å². The Hall–Kier alpha value is -5.65. The van der Waals surface area contributed by atoms with E-state index >= 15 is 0 Å². The molecule has 228 valence electrons. The molecule has 2 atom stereocenters. The first-order valence-corrected chi connectivity index (χ1v) is 12.9. The van der Waals surface area contributed by atoms with Crippen molar-refractivity contribution in [2.24, 2.45) is 11.5 Å². The second-order valence-corrected chi connectivity index (χ2v) is 9.19. The Kier molecular flexibility index (Phi) is 11.0. The number of carbonyl (C=O) groups excluding carboxylic acids is 4. The summed E-state index contributed by atoms with van der Waals surface area (Å²) in [6, 6.07) is 3.90. The number of nitrogen functional groups attached to an aromatic ring is 1. The topological polar surface area (TPSA) is 303 Å². The number of rotatable bonds is 15. The van der Waals surface area contributed by atoms with Crippen LogP contribution in [0.3, 0.4) is 0 Å². The number of hydrogen-bond acceptors (Lipinski definition) is 12. The molecule has 0 bridgehead atoms. The minimum absolute atomic E-state index is 0.0473. The van der Waals surface area contributed by atoms with Crippen molar-refractivity contribution < 1.29 is 29.1 Å². The minimum Gasteiger partial charge on any atom is -0.481 e. The predicted molar refractivity (Wildman–Crippen MR) is 152 cm³/mol. The number of aliphatic carboxylic acids is 1. The number of carbonyl (C=O) groups is 5. The molecule has 3 aromatic rings. The van der Waals surface area contributed by atoms with Gasteiger partial charge in [-0.25, -0.2) is 9.97 Å². The van der Waals surface area contributed by atoms with E-state index in [1.165, 1.54) is 6.20 Å². The van der Waals surface area contributed by atoms with Crippen LogP contribution in [0.4, 0.5) is 11.6 Å². The lowest BCUT2D eigenvalue weighted by molar-refractivity contribution is -0.140. The van der Waals surface area contributed by atoms with Crippen molar-refractivity contribution in [3.05, 3.63) is 52.1 Å². The van der Waals surface area contributed by atoms with Gasteiger partial charge in [0, 0.05) is 30.8 Å². The Morgan fingerprint density at radius 1 is 1.02 bits per heavy atom. The molecule has 4 amide bonds. The fourth-order valence-corrected chi connectivity index (χ4v) is 3.71. The molecule has 0 aliphatic carbocycles. The molecule has 1 aromatic carbocycles. The Morgan fingerprint density at radius 2 is 1.74 bits per heavy atom. The number of aromatic nitrogens is 4. The van der Waals surface area contributed by atoms with Crippen LogP contribution < -0.4 is 44.0 Å². The summed E-state index contributed by atoms with van der Waals surface area (Å²) in [5, 5.41) is 19.2. The van der Waals surface area contributed by atoms with E-state index in [4.69, 9.17) is 22.3 Å². The predicted octanol–water partition coefficient (Wildman–Crippen LogP) is -2.69. The SMILES string of the molecule is NC[C@H](NC(=O)CCCNC(=O)c1ccc(NCc2cnc3nc(N)[nH]c(=O)c3n2)cc1)C(=O)N[C@@H](CC(=O)O)C(N)=O. The molecule has 18 heteroatoms. The molecular weight excluding hydrogens is 566 g/mol. The average Bonchev–Trinajstić information content (AvgIpc) is 2.96. The van der Waals surface area contributed by atoms with Gasteiger partial charge in [0.2, 0.25) is 23.7 Å². The molecule has 3 rings (SSSR count). The zero-order valence-electron chi connectivity index (χ0n) is 22.8. The van der Waals surface area contributed by atoms with Gasteiger partial charge in [0.1, 0.15) is 12.1 Å². The Morgan fingerprint density at radius 3 is 2.40 bits per heavy atom. The second-order valence-electron chi connectivity index (χ2n) is 9.19. The van der Waals surface area contributed by atoms with Gasteiger partial charge >= 0.3 is 5.97 Å². The standard InChI is InChI=1S/C25H31N11O7/c26-9-16(23(42)34-15(20(27)40)8-18(38)39)33-17(37)2-1-7-29-22(41)12-3-5-13(6-4-12)30-10-14-11-31-21-19(32-14)24(43)36-25(28)35-21/h3-6,11,15-16,30H,1-2,7-10,26H2,(H2,27,40)(H,29,41)(H,33,37)(H,34,42)(H,38,39)(H3,28,31,35,36,43)/t15-,16-/m0/s1. The second kappa shape index (κ2) is 14.8. The number of carboxylic acid groups (broad SMARTS) is 1. The lowest BCUT2D eigenvalue weighted by Crippen LogP contribution is -2.55. The third-order valence-electron chi connectivity index (χ3n) is 5.90. The molecule has 0 spiro atoms. The summed E-state index contributed by atoms with van der Waals surface area (Å²) in [6.45, 7) is 0.107. The summed E-state index contributed by atoms with van der Waals surface area (Å²) in [5.41, 5.74) is 17.4. The van der Waals surface area contributed by atoms with Crippen molar-refractivity contribution in [2.45, 2.75) is 37.9 Å². The van der Waals surface area contributed by atoms with Crippen molar-refractivity contribution in [2.75, 3.05) is 24.1 Å². The van der Waals surface area contributed by atoms with E-state index in [9.17, 15) is 28.8 Å². The molecule has 0 fully saturated rings. The van der Waals surface area contributed by atoms with Crippen LogP contribution in [0.5, 0.6) is 0 Å². The first kappa shape index (κ1) is 31.9. The molecule has 0 aliphatic heterocycles. The number of nitrogens with two attached hydrogens (primary N) is 3. The zero-order valence-corrected chi connectivity index (χ0v) is 22.8. The van der Waals surface area contributed by atoms with E-state index in [1.54, 1.807) is 24.3 Å². The molecule has 0 unspecified atom stereocenters. The smallest absolute Gasteiger partial charge is 0.305 e. The van der Waals surface area contributed by atoms with Gasteiger partial charge in [-0.1, -0.05) is 0 Å². The molecule has 12 N–H and O–H groups in total. The highest BCUT2D eigenvalue weighted by atomic mass is 16.4. The zero-order chi connectivity index (χ0) is 31.5. The first-order chi connectivity index (χ1) is 20.5. The fraction of sp³-hybridized carbons (Fsp3) is 0.320. The van der Waals surface area contributed by atoms with Gasteiger partial charge in [-0.3, -0.25) is 33.8 Å². The molecule has 43 heavy (non-hydrogen) atoms. The van der Waals surface area contributed by atoms with Gasteiger partial charge in [0.05, 0.1) is 24.9 Å². The summed E-state index contributed by atoms with van der Waals surface area (Å²) in [6.07, 6.45) is 0.949. The Labute approximate surface area is 243 Å². The number of carboxylic acids is 1. The molecule has 0 aliphatic rings. The third-order valence-corrected chi connectivity index (χ3v) is 5.90. The van der Waals surface area contributed by atoms with Crippen molar-refractivity contribution in [3.8, 4) is 0 Å². The van der Waals surface area contributed by atoms with Gasteiger partial charge in [-0.05, 0) is 30.7 Å².